The summed E-state index contributed by atoms with van der Waals surface area (Å²) in [7, 11) is 0. The van der Waals surface area contributed by atoms with E-state index in [1.165, 1.54) is 13.8 Å². The lowest BCUT2D eigenvalue weighted by atomic mass is 9.99. The van der Waals surface area contributed by atoms with Crippen LogP contribution in [0.25, 0.3) is 0 Å². The van der Waals surface area contributed by atoms with Crippen molar-refractivity contribution in [2.24, 2.45) is 0 Å². The van der Waals surface area contributed by atoms with Gasteiger partial charge in [-0.1, -0.05) is 0 Å². The molecular formula is C19H29NO11. The van der Waals surface area contributed by atoms with Gasteiger partial charge in [0.25, 0.3) is 0 Å². The molecule has 1 amide bonds. The van der Waals surface area contributed by atoms with Gasteiger partial charge in [0.2, 0.25) is 5.91 Å². The maximum absolute atomic E-state index is 11.6. The molecule has 0 aromatic heterocycles. The Labute approximate surface area is 179 Å². The molecule has 0 saturated carbocycles. The van der Waals surface area contributed by atoms with E-state index in [4.69, 9.17) is 28.8 Å². The number of aliphatic carboxylic acids is 1. The van der Waals surface area contributed by atoms with Gasteiger partial charge in [-0.25, -0.2) is 0 Å². The third-order valence-electron chi connectivity index (χ3n) is 4.12. The quantitative estimate of drug-likeness (QED) is 0.247. The molecule has 0 aromatic carbocycles. The first-order valence-electron chi connectivity index (χ1n) is 9.78. The van der Waals surface area contributed by atoms with Gasteiger partial charge >= 0.3 is 23.9 Å². The number of carboxylic acids is 1. The largest absolute Gasteiger partial charge is 0.481 e. The fourth-order valence-electron chi connectivity index (χ4n) is 2.91. The molecule has 0 bridgehead atoms. The summed E-state index contributed by atoms with van der Waals surface area (Å²) in [6.45, 7) is 5.41. The molecule has 1 fully saturated rings. The predicted molar refractivity (Wildman–Crippen MR) is 101 cm³/mol. The van der Waals surface area contributed by atoms with Gasteiger partial charge in [-0.2, -0.15) is 0 Å². The van der Waals surface area contributed by atoms with E-state index in [1.807, 2.05) is 0 Å². The summed E-state index contributed by atoms with van der Waals surface area (Å²) in [4.78, 5) is 56.6. The number of hydrogen-bond donors (Lipinski definition) is 2. The molecule has 1 aliphatic rings. The van der Waals surface area contributed by atoms with Gasteiger partial charge in [-0.05, 0) is 13.3 Å². The van der Waals surface area contributed by atoms with E-state index < -0.39 is 60.5 Å². The Balaban J connectivity index is 2.73. The molecule has 0 spiro atoms. The Bertz CT molecular complexity index is 665. The van der Waals surface area contributed by atoms with Gasteiger partial charge in [0.1, 0.15) is 0 Å². The number of carbonyl (C=O) groups is 5. The highest BCUT2D eigenvalue weighted by Gasteiger charge is 2.50. The van der Waals surface area contributed by atoms with Crippen molar-refractivity contribution >= 4 is 29.8 Å². The van der Waals surface area contributed by atoms with Crippen LogP contribution in [0.4, 0.5) is 0 Å². The van der Waals surface area contributed by atoms with Crippen molar-refractivity contribution in [3.8, 4) is 0 Å². The number of hydrogen-bond acceptors (Lipinski definition) is 10. The highest BCUT2D eigenvalue weighted by atomic mass is 16.7. The molecule has 2 N–H and O–H groups in total. The molecule has 0 radical (unpaired) electrons. The van der Waals surface area contributed by atoms with Crippen LogP contribution in [0.2, 0.25) is 0 Å². The van der Waals surface area contributed by atoms with Crippen LogP contribution < -0.4 is 5.32 Å². The van der Waals surface area contributed by atoms with Crippen LogP contribution >= 0.6 is 0 Å². The van der Waals surface area contributed by atoms with Gasteiger partial charge in [0.15, 0.2) is 24.6 Å². The average Bonchev–Trinajstić information content (AvgIpc) is 2.64. The summed E-state index contributed by atoms with van der Waals surface area (Å²) in [5, 5.41) is 11.1. The standard InChI is InChI=1S/C19H29NO11/c1-10-16(29-11(2)21)17(30-12(3)22)18(31-13(4)23)19(28-10)27-9-5-8-20-14(24)6-7-15(25)26/h10,16-19H,5-9H2,1-4H3,(H,20,24)(H,25,26)/t10-,16-,17+,18+,19+/m0/s1. The fraction of sp³-hybridized carbons (Fsp3) is 0.737. The monoisotopic (exact) mass is 447 g/mol. The normalized spacial score (nSPS) is 25.2. The van der Waals surface area contributed by atoms with Crippen LogP contribution in [0, 0.1) is 0 Å². The first-order valence-corrected chi connectivity index (χ1v) is 9.78. The SMILES string of the molecule is CC(=O)O[C@@H]1[C@@H](OC(C)=O)[C@H](C)O[C@@H](OCCCNC(=O)CCC(=O)O)[C@@H]1OC(C)=O. The molecule has 1 saturated heterocycles. The Morgan fingerprint density at radius 3 is 1.97 bits per heavy atom. The molecule has 1 rings (SSSR count). The minimum absolute atomic E-state index is 0.0827. The number of carboxylic acid groups (broad SMARTS) is 1. The topological polar surface area (TPSA) is 164 Å². The van der Waals surface area contributed by atoms with Gasteiger partial charge in [0.05, 0.1) is 19.1 Å². The van der Waals surface area contributed by atoms with Crippen molar-refractivity contribution < 1.29 is 52.8 Å². The summed E-state index contributed by atoms with van der Waals surface area (Å²) >= 11 is 0. The van der Waals surface area contributed by atoms with E-state index in [0.29, 0.717) is 6.42 Å². The van der Waals surface area contributed by atoms with E-state index in [-0.39, 0.29) is 26.0 Å². The van der Waals surface area contributed by atoms with Crippen LogP contribution in [-0.4, -0.2) is 78.7 Å². The van der Waals surface area contributed by atoms with E-state index in [2.05, 4.69) is 5.32 Å². The molecule has 5 atom stereocenters. The van der Waals surface area contributed by atoms with Crippen molar-refractivity contribution in [3.05, 3.63) is 0 Å². The molecule has 1 heterocycles. The summed E-state index contributed by atoms with van der Waals surface area (Å²) < 4.78 is 27.1. The number of ether oxygens (including phenoxy) is 5. The third-order valence-corrected chi connectivity index (χ3v) is 4.12. The van der Waals surface area contributed by atoms with Crippen molar-refractivity contribution in [2.45, 2.75) is 77.7 Å². The van der Waals surface area contributed by atoms with Gasteiger partial charge in [-0.15, -0.1) is 0 Å². The van der Waals surface area contributed by atoms with E-state index in [1.54, 1.807) is 6.92 Å². The molecule has 12 heteroatoms. The highest BCUT2D eigenvalue weighted by molar-refractivity contribution is 5.80. The number of nitrogens with one attached hydrogen (secondary N) is 1. The lowest BCUT2D eigenvalue weighted by molar-refractivity contribution is -0.300. The van der Waals surface area contributed by atoms with Gasteiger partial charge in [-0.3, -0.25) is 24.0 Å². The predicted octanol–water partition coefficient (Wildman–Crippen LogP) is -0.0860. The minimum Gasteiger partial charge on any atom is -0.481 e. The number of amides is 1. The molecular weight excluding hydrogens is 418 g/mol. The molecule has 176 valence electrons. The molecule has 31 heavy (non-hydrogen) atoms. The van der Waals surface area contributed by atoms with E-state index >= 15 is 0 Å². The second-order valence-electron chi connectivity index (χ2n) is 6.90. The second kappa shape index (κ2) is 12.8. The first-order chi connectivity index (χ1) is 14.5. The van der Waals surface area contributed by atoms with Gasteiger partial charge < -0.3 is 34.1 Å². The number of rotatable bonds is 11. The second-order valence-corrected chi connectivity index (χ2v) is 6.90. The maximum atomic E-state index is 11.6. The first kappa shape index (κ1) is 26.3. The van der Waals surface area contributed by atoms with Crippen LogP contribution in [0.3, 0.4) is 0 Å². The number of esters is 3. The summed E-state index contributed by atoms with van der Waals surface area (Å²) in [6, 6.07) is 0. The maximum Gasteiger partial charge on any atom is 0.303 e. The molecule has 1 aliphatic heterocycles. The zero-order valence-electron chi connectivity index (χ0n) is 18.0. The Morgan fingerprint density at radius 1 is 0.871 bits per heavy atom. The van der Waals surface area contributed by atoms with Crippen LogP contribution in [0.15, 0.2) is 0 Å². The lowest BCUT2D eigenvalue weighted by Gasteiger charge is -2.43. The zero-order valence-corrected chi connectivity index (χ0v) is 18.0. The zero-order chi connectivity index (χ0) is 23.6. The lowest BCUT2D eigenvalue weighted by Crippen LogP contribution is -2.61. The summed E-state index contributed by atoms with van der Waals surface area (Å²) in [6.07, 6.45) is -5.23. The Morgan fingerprint density at radius 2 is 1.42 bits per heavy atom. The fourth-order valence-corrected chi connectivity index (χ4v) is 2.91. The van der Waals surface area contributed by atoms with Crippen molar-refractivity contribution in [3.63, 3.8) is 0 Å². The van der Waals surface area contributed by atoms with E-state index in [9.17, 15) is 24.0 Å². The Kier molecular flexibility index (Phi) is 10.9. The molecule has 0 unspecified atom stereocenters. The summed E-state index contributed by atoms with van der Waals surface area (Å²) in [5.74, 6) is -3.44. The minimum atomic E-state index is -1.19. The molecule has 0 aliphatic carbocycles. The molecule has 12 nitrogen and oxygen atoms in total. The highest BCUT2D eigenvalue weighted by Crippen LogP contribution is 2.29. The van der Waals surface area contributed by atoms with Crippen LogP contribution in [0.5, 0.6) is 0 Å². The van der Waals surface area contributed by atoms with Crippen molar-refractivity contribution in [1.82, 2.24) is 5.32 Å². The van der Waals surface area contributed by atoms with Crippen LogP contribution in [0.1, 0.15) is 47.0 Å². The van der Waals surface area contributed by atoms with E-state index in [0.717, 1.165) is 6.92 Å². The average molecular weight is 447 g/mol. The molecule has 0 aromatic rings. The van der Waals surface area contributed by atoms with Crippen LogP contribution in [-0.2, 0) is 47.7 Å². The summed E-state index contributed by atoms with van der Waals surface area (Å²) in [5.41, 5.74) is 0. The number of carbonyl (C=O) groups excluding carboxylic acids is 4. The smallest absolute Gasteiger partial charge is 0.303 e. The Hall–Kier alpha value is -2.73. The van der Waals surface area contributed by atoms with Crippen molar-refractivity contribution in [1.29, 1.82) is 0 Å². The van der Waals surface area contributed by atoms with Gasteiger partial charge in [0, 0.05) is 33.7 Å². The van der Waals surface area contributed by atoms with Crippen molar-refractivity contribution in [2.75, 3.05) is 13.2 Å². The third kappa shape index (κ3) is 9.75.